The van der Waals surface area contributed by atoms with Crippen LogP contribution in [0.3, 0.4) is 0 Å². The molecule has 5 heteroatoms. The van der Waals surface area contributed by atoms with Crippen LogP contribution in [0.5, 0.6) is 5.75 Å². The number of thiazole rings is 1. The Morgan fingerprint density at radius 1 is 1.35 bits per heavy atom. The lowest BCUT2D eigenvalue weighted by molar-refractivity contribution is 0.0692. The molecule has 0 bridgehead atoms. The molecule has 0 aliphatic carbocycles. The molecular weight excluding hydrogens is 274 g/mol. The maximum absolute atomic E-state index is 11.3. The standard InChI is InChI=1S/C15H17NO3S/c1-4-12-16-13(15(17)18)14(20-12)10-5-7-11(8-6-10)19-9(2)3/h5-9H,4H2,1-3H3,(H,17,18). The quantitative estimate of drug-likeness (QED) is 0.908. The summed E-state index contributed by atoms with van der Waals surface area (Å²) >= 11 is 1.43. The molecule has 1 aromatic carbocycles. The second-order valence-corrected chi connectivity index (χ2v) is 5.72. The van der Waals surface area contributed by atoms with Crippen molar-refractivity contribution in [3.8, 4) is 16.2 Å². The third-order valence-corrected chi connectivity index (χ3v) is 3.91. The molecule has 0 amide bonds. The van der Waals surface area contributed by atoms with Crippen LogP contribution in [0.2, 0.25) is 0 Å². The van der Waals surface area contributed by atoms with Crippen molar-refractivity contribution >= 4 is 17.3 Å². The summed E-state index contributed by atoms with van der Waals surface area (Å²) in [6.45, 7) is 5.90. The molecule has 0 aliphatic rings. The Kier molecular flexibility index (Phi) is 4.39. The van der Waals surface area contributed by atoms with E-state index in [2.05, 4.69) is 4.98 Å². The Labute approximate surface area is 122 Å². The van der Waals surface area contributed by atoms with Crippen LogP contribution in [-0.4, -0.2) is 22.2 Å². The van der Waals surface area contributed by atoms with Gasteiger partial charge in [0.1, 0.15) is 5.75 Å². The van der Waals surface area contributed by atoms with Crippen molar-refractivity contribution in [1.29, 1.82) is 0 Å². The van der Waals surface area contributed by atoms with Gasteiger partial charge in [0.25, 0.3) is 0 Å². The Hall–Kier alpha value is -1.88. The highest BCUT2D eigenvalue weighted by molar-refractivity contribution is 7.15. The van der Waals surface area contributed by atoms with Gasteiger partial charge in [0.2, 0.25) is 0 Å². The molecule has 0 saturated carbocycles. The van der Waals surface area contributed by atoms with Crippen LogP contribution in [0, 0.1) is 0 Å². The van der Waals surface area contributed by atoms with Gasteiger partial charge in [-0.3, -0.25) is 0 Å². The van der Waals surface area contributed by atoms with Crippen LogP contribution in [0.25, 0.3) is 10.4 Å². The predicted molar refractivity (Wildman–Crippen MR) is 79.7 cm³/mol. The Morgan fingerprint density at radius 3 is 2.50 bits per heavy atom. The van der Waals surface area contributed by atoms with E-state index in [0.717, 1.165) is 22.7 Å². The van der Waals surface area contributed by atoms with Gasteiger partial charge >= 0.3 is 5.97 Å². The van der Waals surface area contributed by atoms with Gasteiger partial charge in [-0.2, -0.15) is 0 Å². The van der Waals surface area contributed by atoms with Crippen LogP contribution in [0.15, 0.2) is 24.3 Å². The van der Waals surface area contributed by atoms with Gasteiger partial charge < -0.3 is 9.84 Å². The fraction of sp³-hybridized carbons (Fsp3) is 0.333. The minimum absolute atomic E-state index is 0.116. The number of hydrogen-bond acceptors (Lipinski definition) is 4. The van der Waals surface area contributed by atoms with Gasteiger partial charge in [0, 0.05) is 0 Å². The van der Waals surface area contributed by atoms with Crippen LogP contribution in [0.1, 0.15) is 36.3 Å². The molecule has 2 aromatic rings. The second kappa shape index (κ2) is 6.05. The van der Waals surface area contributed by atoms with Crippen molar-refractivity contribution in [2.45, 2.75) is 33.3 Å². The summed E-state index contributed by atoms with van der Waals surface area (Å²) in [5, 5.41) is 10.1. The fourth-order valence-electron chi connectivity index (χ4n) is 1.81. The van der Waals surface area contributed by atoms with Crippen molar-refractivity contribution in [3.05, 3.63) is 35.0 Å². The van der Waals surface area contributed by atoms with Crippen LogP contribution in [0.4, 0.5) is 0 Å². The number of rotatable bonds is 5. The highest BCUT2D eigenvalue weighted by Crippen LogP contribution is 2.32. The van der Waals surface area contributed by atoms with Crippen molar-refractivity contribution in [1.82, 2.24) is 4.98 Å². The fourth-order valence-corrected chi connectivity index (χ4v) is 2.81. The summed E-state index contributed by atoms with van der Waals surface area (Å²) in [5.41, 5.74) is 0.986. The lowest BCUT2D eigenvalue weighted by Crippen LogP contribution is -2.05. The van der Waals surface area contributed by atoms with Crippen molar-refractivity contribution in [3.63, 3.8) is 0 Å². The number of aromatic nitrogens is 1. The zero-order chi connectivity index (χ0) is 14.7. The van der Waals surface area contributed by atoms with Crippen LogP contribution >= 0.6 is 11.3 Å². The Bertz CT molecular complexity index is 602. The largest absolute Gasteiger partial charge is 0.491 e. The SMILES string of the molecule is CCc1nc(C(=O)O)c(-c2ccc(OC(C)C)cc2)s1. The monoisotopic (exact) mass is 291 g/mol. The molecule has 0 saturated heterocycles. The summed E-state index contributed by atoms with van der Waals surface area (Å²) in [7, 11) is 0. The van der Waals surface area contributed by atoms with E-state index in [1.807, 2.05) is 45.0 Å². The molecule has 0 radical (unpaired) electrons. The highest BCUT2D eigenvalue weighted by atomic mass is 32.1. The summed E-state index contributed by atoms with van der Waals surface area (Å²) in [5.74, 6) is -0.209. The van der Waals surface area contributed by atoms with Gasteiger partial charge in [-0.1, -0.05) is 6.92 Å². The van der Waals surface area contributed by atoms with Gasteiger partial charge in [0.15, 0.2) is 5.69 Å². The number of nitrogens with zero attached hydrogens (tertiary/aromatic N) is 1. The van der Waals surface area contributed by atoms with E-state index in [1.165, 1.54) is 11.3 Å². The molecule has 2 rings (SSSR count). The maximum atomic E-state index is 11.3. The minimum atomic E-state index is -0.988. The lowest BCUT2D eigenvalue weighted by atomic mass is 10.1. The number of hydrogen-bond donors (Lipinski definition) is 1. The molecule has 1 N–H and O–H groups in total. The molecule has 0 spiro atoms. The van der Waals surface area contributed by atoms with E-state index in [-0.39, 0.29) is 11.8 Å². The third-order valence-electron chi connectivity index (χ3n) is 2.66. The molecule has 106 valence electrons. The van der Waals surface area contributed by atoms with Crippen molar-refractivity contribution in [2.24, 2.45) is 0 Å². The first-order valence-electron chi connectivity index (χ1n) is 6.51. The van der Waals surface area contributed by atoms with Gasteiger partial charge in [0.05, 0.1) is 16.0 Å². The van der Waals surface area contributed by atoms with Gasteiger partial charge in [-0.15, -0.1) is 11.3 Å². The summed E-state index contributed by atoms with van der Waals surface area (Å²) in [6.07, 6.45) is 0.852. The Balaban J connectivity index is 2.36. The maximum Gasteiger partial charge on any atom is 0.356 e. The molecule has 1 aromatic heterocycles. The number of aromatic carboxylic acids is 1. The van der Waals surface area contributed by atoms with E-state index in [4.69, 9.17) is 4.74 Å². The van der Waals surface area contributed by atoms with Gasteiger partial charge in [-0.05, 0) is 50.1 Å². The summed E-state index contributed by atoms with van der Waals surface area (Å²) in [6, 6.07) is 7.45. The Morgan fingerprint density at radius 2 is 2.00 bits per heavy atom. The molecular formula is C15H17NO3S. The van der Waals surface area contributed by atoms with Crippen LogP contribution < -0.4 is 4.74 Å². The average molecular weight is 291 g/mol. The molecule has 20 heavy (non-hydrogen) atoms. The van der Waals surface area contributed by atoms with Crippen molar-refractivity contribution in [2.75, 3.05) is 0 Å². The number of carbonyl (C=O) groups is 1. The zero-order valence-electron chi connectivity index (χ0n) is 11.7. The lowest BCUT2D eigenvalue weighted by Gasteiger charge is -2.09. The minimum Gasteiger partial charge on any atom is -0.491 e. The van der Waals surface area contributed by atoms with Crippen molar-refractivity contribution < 1.29 is 14.6 Å². The molecule has 0 atom stereocenters. The highest BCUT2D eigenvalue weighted by Gasteiger charge is 2.18. The van der Waals surface area contributed by atoms with E-state index in [1.54, 1.807) is 0 Å². The van der Waals surface area contributed by atoms with Crippen LogP contribution in [-0.2, 0) is 6.42 Å². The van der Waals surface area contributed by atoms with E-state index in [9.17, 15) is 9.90 Å². The molecule has 1 heterocycles. The number of aryl methyl sites for hydroxylation is 1. The van der Waals surface area contributed by atoms with E-state index < -0.39 is 5.97 Å². The molecule has 4 nitrogen and oxygen atoms in total. The molecule has 0 aliphatic heterocycles. The number of carboxylic acids is 1. The first kappa shape index (κ1) is 14.5. The number of ether oxygens (including phenoxy) is 1. The first-order valence-corrected chi connectivity index (χ1v) is 7.33. The normalized spacial score (nSPS) is 10.8. The number of benzene rings is 1. The van der Waals surface area contributed by atoms with Gasteiger partial charge in [-0.25, -0.2) is 9.78 Å². The molecule has 0 unspecified atom stereocenters. The van der Waals surface area contributed by atoms with E-state index >= 15 is 0 Å². The predicted octanol–water partition coefficient (Wildman–Crippen LogP) is 3.86. The first-order chi connectivity index (χ1) is 9.51. The third kappa shape index (κ3) is 3.17. The molecule has 0 fully saturated rings. The zero-order valence-corrected chi connectivity index (χ0v) is 12.5. The van der Waals surface area contributed by atoms with E-state index in [0.29, 0.717) is 4.88 Å². The average Bonchev–Trinajstić information content (AvgIpc) is 2.83. The summed E-state index contributed by atoms with van der Waals surface area (Å²) in [4.78, 5) is 16.1. The topological polar surface area (TPSA) is 59.4 Å². The summed E-state index contributed by atoms with van der Waals surface area (Å²) < 4.78 is 5.58. The second-order valence-electron chi connectivity index (χ2n) is 4.64. The smallest absolute Gasteiger partial charge is 0.356 e. The number of carboxylic acid groups (broad SMARTS) is 1.